The molecule has 0 aliphatic carbocycles. The molecule has 1 atom stereocenters. The van der Waals surface area contributed by atoms with Crippen LogP contribution in [-0.4, -0.2) is 10.3 Å². The Hall–Kier alpha value is -0.610. The van der Waals surface area contributed by atoms with Crippen LogP contribution in [0.3, 0.4) is 0 Å². The molecule has 0 bridgehead atoms. The second kappa shape index (κ2) is 3.87. The lowest BCUT2D eigenvalue weighted by Crippen LogP contribution is -2.07. The zero-order valence-corrected chi connectivity index (χ0v) is 7.33. The SMILES string of the molecule is CC[S+]([O-])c1cccc(F)c1F. The van der Waals surface area contributed by atoms with Gasteiger partial charge in [-0.1, -0.05) is 6.07 Å². The van der Waals surface area contributed by atoms with Gasteiger partial charge >= 0.3 is 0 Å². The lowest BCUT2D eigenvalue weighted by molar-refractivity contribution is 0.485. The molecule has 0 saturated carbocycles. The normalized spacial score (nSPS) is 13.0. The van der Waals surface area contributed by atoms with Crippen LogP contribution in [-0.2, 0) is 11.2 Å². The average Bonchev–Trinajstić information content (AvgIpc) is 2.08. The van der Waals surface area contributed by atoms with Gasteiger partial charge in [0.15, 0.2) is 10.7 Å². The summed E-state index contributed by atoms with van der Waals surface area (Å²) < 4.78 is 36.5. The molecule has 0 aromatic heterocycles. The molecule has 0 heterocycles. The Kier molecular flexibility index (Phi) is 3.05. The predicted molar refractivity (Wildman–Crippen MR) is 43.3 cm³/mol. The Morgan fingerprint density at radius 2 is 2.08 bits per heavy atom. The van der Waals surface area contributed by atoms with Crippen LogP contribution < -0.4 is 0 Å². The van der Waals surface area contributed by atoms with E-state index in [4.69, 9.17) is 0 Å². The van der Waals surface area contributed by atoms with Crippen LogP contribution in [0.2, 0.25) is 0 Å². The summed E-state index contributed by atoms with van der Waals surface area (Å²) in [4.78, 5) is -0.0579. The molecule has 0 amide bonds. The first kappa shape index (κ1) is 9.48. The standard InChI is InChI=1S/C8H8F2OS/c1-2-12(11)7-5-3-4-6(9)8(7)10/h3-5H,2H2,1H3. The van der Waals surface area contributed by atoms with Gasteiger partial charge in [-0.2, -0.15) is 4.39 Å². The summed E-state index contributed by atoms with van der Waals surface area (Å²) >= 11 is -1.43. The molecule has 12 heavy (non-hydrogen) atoms. The third-order valence-corrected chi connectivity index (χ3v) is 2.75. The number of halogens is 2. The Balaban J connectivity index is 3.07. The topological polar surface area (TPSA) is 23.1 Å². The molecule has 1 unspecified atom stereocenters. The van der Waals surface area contributed by atoms with Gasteiger partial charge in [0.05, 0.1) is 0 Å². The molecule has 1 aromatic rings. The van der Waals surface area contributed by atoms with Crippen LogP contribution in [0, 0.1) is 11.6 Å². The van der Waals surface area contributed by atoms with Gasteiger partial charge in [0.25, 0.3) is 0 Å². The Bertz CT molecular complexity index is 278. The fourth-order valence-electron chi connectivity index (χ4n) is 0.815. The summed E-state index contributed by atoms with van der Waals surface area (Å²) in [7, 11) is 0. The maximum absolute atomic E-state index is 12.9. The van der Waals surface area contributed by atoms with Gasteiger partial charge in [-0.15, -0.1) is 0 Å². The van der Waals surface area contributed by atoms with Crippen LogP contribution in [0.15, 0.2) is 23.1 Å². The first-order valence-corrected chi connectivity index (χ1v) is 4.81. The first-order valence-electron chi connectivity index (χ1n) is 3.49. The van der Waals surface area contributed by atoms with Crippen molar-refractivity contribution in [3.63, 3.8) is 0 Å². The summed E-state index contributed by atoms with van der Waals surface area (Å²) in [6, 6.07) is 3.69. The summed E-state index contributed by atoms with van der Waals surface area (Å²) in [6.45, 7) is 1.65. The van der Waals surface area contributed by atoms with Crippen molar-refractivity contribution >= 4 is 11.2 Å². The van der Waals surface area contributed by atoms with Gasteiger partial charge in [-0.3, -0.25) is 0 Å². The average molecular weight is 190 g/mol. The van der Waals surface area contributed by atoms with Gasteiger partial charge < -0.3 is 4.55 Å². The fraction of sp³-hybridized carbons (Fsp3) is 0.250. The highest BCUT2D eigenvalue weighted by atomic mass is 32.2. The molecule has 1 rings (SSSR count). The van der Waals surface area contributed by atoms with Crippen LogP contribution in [0.5, 0.6) is 0 Å². The van der Waals surface area contributed by atoms with E-state index in [0.717, 1.165) is 6.07 Å². The van der Waals surface area contributed by atoms with E-state index in [0.29, 0.717) is 5.75 Å². The van der Waals surface area contributed by atoms with E-state index in [-0.39, 0.29) is 4.90 Å². The number of rotatable bonds is 2. The molecule has 1 aromatic carbocycles. The molecule has 4 heteroatoms. The minimum absolute atomic E-state index is 0.0579. The summed E-state index contributed by atoms with van der Waals surface area (Å²) in [6.07, 6.45) is 0. The predicted octanol–water partition coefficient (Wildman–Crippen LogP) is 2.09. The highest BCUT2D eigenvalue weighted by Crippen LogP contribution is 2.17. The zero-order chi connectivity index (χ0) is 9.14. The minimum Gasteiger partial charge on any atom is -0.611 e. The molecular weight excluding hydrogens is 182 g/mol. The second-order valence-corrected chi connectivity index (χ2v) is 3.89. The van der Waals surface area contributed by atoms with Gasteiger partial charge in [0, 0.05) is 0 Å². The van der Waals surface area contributed by atoms with Crippen molar-refractivity contribution in [2.45, 2.75) is 11.8 Å². The van der Waals surface area contributed by atoms with Crippen LogP contribution in [0.4, 0.5) is 8.78 Å². The number of hydrogen-bond acceptors (Lipinski definition) is 1. The molecule has 0 aliphatic heterocycles. The van der Waals surface area contributed by atoms with E-state index in [1.165, 1.54) is 12.1 Å². The molecule has 66 valence electrons. The summed E-state index contributed by atoms with van der Waals surface area (Å²) in [5, 5.41) is 0. The molecule has 0 aliphatic rings. The first-order chi connectivity index (χ1) is 5.66. The molecule has 0 spiro atoms. The largest absolute Gasteiger partial charge is 0.611 e. The Morgan fingerprint density at radius 3 is 2.67 bits per heavy atom. The number of hydrogen-bond donors (Lipinski definition) is 0. The monoisotopic (exact) mass is 190 g/mol. The van der Waals surface area contributed by atoms with Crippen molar-refractivity contribution in [2.24, 2.45) is 0 Å². The van der Waals surface area contributed by atoms with Gasteiger partial charge in [-0.25, -0.2) is 4.39 Å². The van der Waals surface area contributed by atoms with Crippen LogP contribution in [0.1, 0.15) is 6.92 Å². The van der Waals surface area contributed by atoms with Gasteiger partial charge in [-0.05, 0) is 30.2 Å². The van der Waals surface area contributed by atoms with Crippen LogP contribution in [0.25, 0.3) is 0 Å². The quantitative estimate of drug-likeness (QED) is 0.655. The molecular formula is C8H8F2OS. The Morgan fingerprint density at radius 1 is 1.42 bits per heavy atom. The summed E-state index contributed by atoms with van der Waals surface area (Å²) in [5.74, 6) is -1.66. The third-order valence-electron chi connectivity index (χ3n) is 1.42. The highest BCUT2D eigenvalue weighted by molar-refractivity contribution is 7.91. The minimum atomic E-state index is -1.43. The summed E-state index contributed by atoms with van der Waals surface area (Å²) in [5.41, 5.74) is 0. The van der Waals surface area contributed by atoms with Crippen molar-refractivity contribution in [3.8, 4) is 0 Å². The van der Waals surface area contributed by atoms with Gasteiger partial charge in [0.1, 0.15) is 5.75 Å². The van der Waals surface area contributed by atoms with E-state index in [1.54, 1.807) is 6.92 Å². The Labute approximate surface area is 72.6 Å². The second-order valence-electron chi connectivity index (χ2n) is 2.19. The third kappa shape index (κ3) is 1.76. The van der Waals surface area contributed by atoms with E-state index >= 15 is 0 Å². The smallest absolute Gasteiger partial charge is 0.213 e. The molecule has 0 N–H and O–H groups in total. The van der Waals surface area contributed by atoms with Crippen molar-refractivity contribution < 1.29 is 13.3 Å². The molecule has 0 radical (unpaired) electrons. The zero-order valence-electron chi connectivity index (χ0n) is 6.51. The molecule has 1 nitrogen and oxygen atoms in total. The van der Waals surface area contributed by atoms with Gasteiger partial charge in [0.2, 0.25) is 5.82 Å². The maximum Gasteiger partial charge on any atom is 0.213 e. The van der Waals surface area contributed by atoms with Crippen LogP contribution >= 0.6 is 0 Å². The number of benzene rings is 1. The highest BCUT2D eigenvalue weighted by Gasteiger charge is 2.17. The molecule has 0 fully saturated rings. The van der Waals surface area contributed by atoms with E-state index < -0.39 is 22.8 Å². The lowest BCUT2D eigenvalue weighted by Gasteiger charge is -2.07. The van der Waals surface area contributed by atoms with Crippen molar-refractivity contribution in [3.05, 3.63) is 29.8 Å². The lowest BCUT2D eigenvalue weighted by atomic mass is 10.3. The van der Waals surface area contributed by atoms with Crippen molar-refractivity contribution in [2.75, 3.05) is 5.75 Å². The van der Waals surface area contributed by atoms with E-state index in [2.05, 4.69) is 0 Å². The molecule has 0 saturated heterocycles. The van der Waals surface area contributed by atoms with E-state index in [1.807, 2.05) is 0 Å². The van der Waals surface area contributed by atoms with Crippen molar-refractivity contribution in [1.82, 2.24) is 0 Å². The fourth-order valence-corrected chi connectivity index (χ4v) is 1.65. The van der Waals surface area contributed by atoms with Crippen molar-refractivity contribution in [1.29, 1.82) is 0 Å². The maximum atomic E-state index is 12.9. The van der Waals surface area contributed by atoms with E-state index in [9.17, 15) is 13.3 Å².